The van der Waals surface area contributed by atoms with Crippen molar-refractivity contribution in [1.82, 2.24) is 10.2 Å². The Morgan fingerprint density at radius 1 is 1.26 bits per heavy atom. The molecular formula is C12H15N3O3S. The normalized spacial score (nSPS) is 11.5. The first-order valence-electron chi connectivity index (χ1n) is 5.85. The van der Waals surface area contributed by atoms with Crippen LogP contribution in [0, 0.1) is 13.8 Å². The Labute approximate surface area is 111 Å². The number of aryl methyl sites for hydroxylation is 3. The highest BCUT2D eigenvalue weighted by atomic mass is 32.2. The lowest BCUT2D eigenvalue weighted by molar-refractivity contribution is 0.515. The van der Waals surface area contributed by atoms with E-state index in [-0.39, 0.29) is 10.9 Å². The molecule has 1 heterocycles. The van der Waals surface area contributed by atoms with E-state index in [0.29, 0.717) is 17.9 Å². The highest BCUT2D eigenvalue weighted by Gasteiger charge is 2.19. The molecule has 0 saturated carbocycles. The van der Waals surface area contributed by atoms with Gasteiger partial charge in [0.15, 0.2) is 0 Å². The third-order valence-electron chi connectivity index (χ3n) is 2.61. The first kappa shape index (κ1) is 13.5. The molecule has 0 aliphatic heterocycles. The first-order valence-corrected chi connectivity index (χ1v) is 7.33. The Hall–Kier alpha value is -1.89. The minimum atomic E-state index is -3.70. The van der Waals surface area contributed by atoms with Crippen LogP contribution in [0.2, 0.25) is 0 Å². The lowest BCUT2D eigenvalue weighted by Gasteiger charge is -2.07. The molecule has 0 radical (unpaired) electrons. The number of nitrogens with one attached hydrogen (secondary N) is 1. The Morgan fingerprint density at radius 3 is 2.58 bits per heavy atom. The third-order valence-corrected chi connectivity index (χ3v) is 4.09. The van der Waals surface area contributed by atoms with Crippen LogP contribution in [0.1, 0.15) is 23.9 Å². The molecule has 1 N–H and O–H groups in total. The van der Waals surface area contributed by atoms with E-state index in [1.807, 2.05) is 13.8 Å². The minimum Gasteiger partial charge on any atom is -0.407 e. The second-order valence-electron chi connectivity index (χ2n) is 4.23. The molecule has 1 aromatic carbocycles. The van der Waals surface area contributed by atoms with Gasteiger partial charge in [-0.05, 0) is 25.5 Å². The van der Waals surface area contributed by atoms with Crippen LogP contribution >= 0.6 is 0 Å². The van der Waals surface area contributed by atoms with Crippen molar-refractivity contribution in [1.29, 1.82) is 0 Å². The summed E-state index contributed by atoms with van der Waals surface area (Å²) in [7, 11) is -3.70. The molecule has 0 unspecified atom stereocenters. The summed E-state index contributed by atoms with van der Waals surface area (Å²) in [5.74, 6) is 0.387. The van der Waals surface area contributed by atoms with Crippen molar-refractivity contribution < 1.29 is 12.8 Å². The average molecular weight is 281 g/mol. The van der Waals surface area contributed by atoms with Crippen LogP contribution in [-0.4, -0.2) is 18.6 Å². The van der Waals surface area contributed by atoms with Crippen molar-refractivity contribution in [3.8, 4) is 0 Å². The van der Waals surface area contributed by atoms with Gasteiger partial charge in [0.1, 0.15) is 0 Å². The molecule has 7 heteroatoms. The highest BCUT2D eigenvalue weighted by Crippen LogP contribution is 2.19. The number of anilines is 1. The van der Waals surface area contributed by atoms with Gasteiger partial charge >= 0.3 is 6.01 Å². The van der Waals surface area contributed by atoms with Gasteiger partial charge in [-0.15, -0.1) is 5.10 Å². The lowest BCUT2D eigenvalue weighted by atomic mass is 10.2. The molecule has 0 amide bonds. The van der Waals surface area contributed by atoms with Crippen LogP contribution in [0.4, 0.5) is 6.01 Å². The second kappa shape index (κ2) is 5.00. The van der Waals surface area contributed by atoms with Gasteiger partial charge in [-0.2, -0.15) is 0 Å². The van der Waals surface area contributed by atoms with Crippen LogP contribution in [0.25, 0.3) is 0 Å². The van der Waals surface area contributed by atoms with Crippen LogP contribution in [0.3, 0.4) is 0 Å². The first-order chi connectivity index (χ1) is 8.92. The Bertz CT molecular complexity index is 692. The summed E-state index contributed by atoms with van der Waals surface area (Å²) in [4.78, 5) is 0.203. The summed E-state index contributed by atoms with van der Waals surface area (Å²) in [6.45, 7) is 5.49. The molecule has 19 heavy (non-hydrogen) atoms. The number of nitrogens with zero attached hydrogens (tertiary/aromatic N) is 2. The van der Waals surface area contributed by atoms with E-state index in [0.717, 1.165) is 5.56 Å². The molecular weight excluding hydrogens is 266 g/mol. The molecule has 1 aromatic heterocycles. The van der Waals surface area contributed by atoms with Gasteiger partial charge in [0.25, 0.3) is 10.0 Å². The van der Waals surface area contributed by atoms with Gasteiger partial charge < -0.3 is 4.42 Å². The third kappa shape index (κ3) is 2.93. The SMILES string of the molecule is CCc1nnc(NS(=O)(=O)c2ccc(C)cc2C)o1. The molecule has 2 aromatic rings. The van der Waals surface area contributed by atoms with E-state index in [2.05, 4.69) is 14.9 Å². The molecule has 102 valence electrons. The zero-order chi connectivity index (χ0) is 14.0. The van der Waals surface area contributed by atoms with Crippen molar-refractivity contribution >= 4 is 16.0 Å². The zero-order valence-electron chi connectivity index (χ0n) is 11.0. The van der Waals surface area contributed by atoms with Crippen molar-refractivity contribution in [2.24, 2.45) is 0 Å². The average Bonchev–Trinajstić information content (AvgIpc) is 2.75. The van der Waals surface area contributed by atoms with Gasteiger partial charge in [0.05, 0.1) is 4.90 Å². The predicted octanol–water partition coefficient (Wildman–Crippen LogP) is 2.05. The van der Waals surface area contributed by atoms with Crippen molar-refractivity contribution in [2.75, 3.05) is 4.72 Å². The predicted molar refractivity (Wildman–Crippen MR) is 70.4 cm³/mol. The van der Waals surface area contributed by atoms with E-state index in [9.17, 15) is 8.42 Å². The van der Waals surface area contributed by atoms with E-state index >= 15 is 0 Å². The molecule has 2 rings (SSSR count). The molecule has 0 bridgehead atoms. The maximum absolute atomic E-state index is 12.2. The number of benzene rings is 1. The summed E-state index contributed by atoms with van der Waals surface area (Å²) in [5, 5.41) is 7.34. The lowest BCUT2D eigenvalue weighted by Crippen LogP contribution is -2.14. The summed E-state index contributed by atoms with van der Waals surface area (Å²) >= 11 is 0. The fraction of sp³-hybridized carbons (Fsp3) is 0.333. The number of rotatable bonds is 4. The largest absolute Gasteiger partial charge is 0.407 e. The summed E-state index contributed by atoms with van der Waals surface area (Å²) in [6, 6.07) is 4.99. The summed E-state index contributed by atoms with van der Waals surface area (Å²) in [5.41, 5.74) is 1.67. The second-order valence-corrected chi connectivity index (χ2v) is 5.88. The Kier molecular flexibility index (Phi) is 3.57. The van der Waals surface area contributed by atoms with Gasteiger partial charge in [-0.25, -0.2) is 13.1 Å². The monoisotopic (exact) mass is 281 g/mol. The van der Waals surface area contributed by atoms with Crippen LogP contribution in [-0.2, 0) is 16.4 Å². The van der Waals surface area contributed by atoms with Gasteiger partial charge in [0, 0.05) is 6.42 Å². The quantitative estimate of drug-likeness (QED) is 0.927. The van der Waals surface area contributed by atoms with E-state index in [1.54, 1.807) is 25.1 Å². The van der Waals surface area contributed by atoms with Gasteiger partial charge in [-0.1, -0.05) is 29.7 Å². The summed E-state index contributed by atoms with van der Waals surface area (Å²) in [6.07, 6.45) is 0.554. The van der Waals surface area contributed by atoms with Crippen molar-refractivity contribution in [2.45, 2.75) is 32.1 Å². The molecule has 0 saturated heterocycles. The van der Waals surface area contributed by atoms with E-state index < -0.39 is 10.0 Å². The number of hydrogen-bond acceptors (Lipinski definition) is 5. The standard InChI is InChI=1S/C12H15N3O3S/c1-4-11-13-14-12(18-11)15-19(16,17)10-6-5-8(2)7-9(10)3/h5-7H,4H2,1-3H3,(H,14,15). The maximum atomic E-state index is 12.2. The number of sulfonamides is 1. The minimum absolute atomic E-state index is 0.114. The molecule has 0 atom stereocenters. The van der Waals surface area contributed by atoms with E-state index in [1.165, 1.54) is 0 Å². The Balaban J connectivity index is 2.32. The van der Waals surface area contributed by atoms with Crippen LogP contribution in [0.5, 0.6) is 0 Å². The smallest absolute Gasteiger partial charge is 0.329 e. The maximum Gasteiger partial charge on any atom is 0.329 e. The van der Waals surface area contributed by atoms with Gasteiger partial charge in [0.2, 0.25) is 5.89 Å². The number of hydrogen-bond donors (Lipinski definition) is 1. The zero-order valence-corrected chi connectivity index (χ0v) is 11.8. The van der Waals surface area contributed by atoms with Crippen LogP contribution < -0.4 is 4.72 Å². The van der Waals surface area contributed by atoms with Crippen LogP contribution in [0.15, 0.2) is 27.5 Å². The van der Waals surface area contributed by atoms with E-state index in [4.69, 9.17) is 4.42 Å². The fourth-order valence-electron chi connectivity index (χ4n) is 1.71. The van der Waals surface area contributed by atoms with Crippen molar-refractivity contribution in [3.63, 3.8) is 0 Å². The highest BCUT2D eigenvalue weighted by molar-refractivity contribution is 7.92. The molecule has 0 aliphatic carbocycles. The topological polar surface area (TPSA) is 85.1 Å². The fourth-order valence-corrected chi connectivity index (χ4v) is 2.86. The number of aromatic nitrogens is 2. The molecule has 0 fully saturated rings. The van der Waals surface area contributed by atoms with Gasteiger partial charge in [-0.3, -0.25) is 0 Å². The van der Waals surface area contributed by atoms with Crippen molar-refractivity contribution in [3.05, 3.63) is 35.2 Å². The Morgan fingerprint density at radius 2 is 2.00 bits per heavy atom. The molecule has 0 spiro atoms. The molecule has 6 nitrogen and oxygen atoms in total. The molecule has 0 aliphatic rings. The summed E-state index contributed by atoms with van der Waals surface area (Å²) < 4.78 is 31.8.